The van der Waals surface area contributed by atoms with Gasteiger partial charge in [0.05, 0.1) is 33.4 Å². The van der Waals surface area contributed by atoms with Gasteiger partial charge < -0.3 is 24.1 Å². The van der Waals surface area contributed by atoms with Gasteiger partial charge in [-0.25, -0.2) is 19.2 Å². The summed E-state index contributed by atoms with van der Waals surface area (Å²) in [5, 5.41) is 10.7. The van der Waals surface area contributed by atoms with E-state index in [1.165, 1.54) is 47.8 Å². The van der Waals surface area contributed by atoms with E-state index >= 15 is 0 Å². The maximum Gasteiger partial charge on any atom is 0.338 e. The molecule has 1 aliphatic rings. The number of ether oxygens (including phenoxy) is 4. The molecule has 1 aliphatic heterocycles. The molecule has 5 rings (SSSR count). The number of rotatable bonds is 13. The molecular formula is C36H32O9S2. The van der Waals surface area contributed by atoms with Gasteiger partial charge in [-0.3, -0.25) is 0 Å². The van der Waals surface area contributed by atoms with Crippen LogP contribution in [0.5, 0.6) is 0 Å². The second-order valence-electron chi connectivity index (χ2n) is 10.3. The summed E-state index contributed by atoms with van der Waals surface area (Å²) in [6.45, 7) is -0.811. The molecule has 1 heterocycles. The fourth-order valence-electron chi connectivity index (χ4n) is 4.80. The van der Waals surface area contributed by atoms with E-state index < -0.39 is 59.5 Å². The Kier molecular flexibility index (Phi) is 12.1. The fraction of sp³-hybridized carbons (Fsp3) is 0.222. The zero-order valence-corrected chi connectivity index (χ0v) is 26.7. The van der Waals surface area contributed by atoms with E-state index in [0.29, 0.717) is 0 Å². The van der Waals surface area contributed by atoms with E-state index in [-0.39, 0.29) is 22.3 Å². The van der Waals surface area contributed by atoms with Gasteiger partial charge in [0, 0.05) is 11.5 Å². The Morgan fingerprint density at radius 2 is 0.872 bits per heavy atom. The van der Waals surface area contributed by atoms with Crippen molar-refractivity contribution in [1.82, 2.24) is 0 Å². The van der Waals surface area contributed by atoms with Crippen LogP contribution in [0.15, 0.2) is 121 Å². The Morgan fingerprint density at radius 1 is 0.532 bits per heavy atom. The summed E-state index contributed by atoms with van der Waals surface area (Å²) >= 11 is 2.97. The van der Waals surface area contributed by atoms with Gasteiger partial charge in [-0.15, -0.1) is 23.5 Å². The molecule has 0 saturated carbocycles. The molecule has 1 saturated heterocycles. The van der Waals surface area contributed by atoms with Crippen LogP contribution in [-0.4, -0.2) is 76.1 Å². The van der Waals surface area contributed by atoms with E-state index in [0.717, 1.165) is 11.5 Å². The van der Waals surface area contributed by atoms with E-state index in [9.17, 15) is 24.3 Å². The minimum absolute atomic E-state index is 0.166. The molecule has 0 spiro atoms. The van der Waals surface area contributed by atoms with Crippen LogP contribution in [0.3, 0.4) is 0 Å². The molecule has 47 heavy (non-hydrogen) atoms. The van der Waals surface area contributed by atoms with Gasteiger partial charge in [-0.05, 0) is 48.5 Å². The van der Waals surface area contributed by atoms with Crippen LogP contribution in [0.4, 0.5) is 0 Å². The van der Waals surface area contributed by atoms with Crippen LogP contribution in [0, 0.1) is 0 Å². The summed E-state index contributed by atoms with van der Waals surface area (Å²) in [7, 11) is 0. The third kappa shape index (κ3) is 9.03. The number of hydrogen-bond acceptors (Lipinski definition) is 11. The first kappa shape index (κ1) is 33.8. The van der Waals surface area contributed by atoms with Gasteiger partial charge in [0.25, 0.3) is 0 Å². The van der Waals surface area contributed by atoms with Crippen molar-refractivity contribution in [3.63, 3.8) is 0 Å². The molecule has 0 bridgehead atoms. The van der Waals surface area contributed by atoms with Crippen LogP contribution in [0.25, 0.3) is 0 Å². The highest BCUT2D eigenvalue weighted by molar-refractivity contribution is 8.20. The number of aliphatic hydroxyl groups is 1. The van der Waals surface area contributed by atoms with Gasteiger partial charge >= 0.3 is 23.9 Å². The Bertz CT molecular complexity index is 1620. The van der Waals surface area contributed by atoms with E-state index in [4.69, 9.17) is 18.9 Å². The highest BCUT2D eigenvalue weighted by Gasteiger charge is 2.48. The Labute approximate surface area is 280 Å². The van der Waals surface area contributed by atoms with Crippen LogP contribution >= 0.6 is 23.5 Å². The van der Waals surface area contributed by atoms with E-state index in [1.54, 1.807) is 97.1 Å². The van der Waals surface area contributed by atoms with Gasteiger partial charge in [0.1, 0.15) is 0 Å². The zero-order chi connectivity index (χ0) is 33.0. The van der Waals surface area contributed by atoms with Gasteiger partial charge in [0.15, 0.2) is 24.4 Å². The number of hydrogen-bond donors (Lipinski definition) is 1. The second-order valence-corrected chi connectivity index (χ2v) is 13.1. The third-order valence-electron chi connectivity index (χ3n) is 7.14. The van der Waals surface area contributed by atoms with Crippen LogP contribution in [-0.2, 0) is 18.9 Å². The number of esters is 4. The monoisotopic (exact) mass is 672 g/mol. The number of carbonyl (C=O) groups excluding carboxylic acids is 4. The summed E-state index contributed by atoms with van der Waals surface area (Å²) in [5.74, 6) is -1.69. The lowest BCUT2D eigenvalue weighted by Gasteiger charge is -2.37. The van der Waals surface area contributed by atoms with Crippen molar-refractivity contribution in [2.45, 2.75) is 29.0 Å². The fourth-order valence-corrected chi connectivity index (χ4v) is 7.80. The highest BCUT2D eigenvalue weighted by Crippen LogP contribution is 2.39. The number of aliphatic hydroxyl groups excluding tert-OH is 1. The first-order valence-corrected chi connectivity index (χ1v) is 16.9. The van der Waals surface area contributed by atoms with Crippen molar-refractivity contribution >= 4 is 47.4 Å². The Hall–Kier alpha value is -4.58. The quantitative estimate of drug-likeness (QED) is 0.139. The molecule has 4 atom stereocenters. The molecule has 9 nitrogen and oxygen atoms in total. The van der Waals surface area contributed by atoms with Gasteiger partial charge in [0.2, 0.25) is 0 Å². The lowest BCUT2D eigenvalue weighted by atomic mass is 10.0. The molecule has 4 aromatic rings. The largest absolute Gasteiger partial charge is 0.453 e. The summed E-state index contributed by atoms with van der Waals surface area (Å²) < 4.78 is 23.5. The van der Waals surface area contributed by atoms with Crippen molar-refractivity contribution in [2.24, 2.45) is 0 Å². The lowest BCUT2D eigenvalue weighted by Crippen LogP contribution is -2.55. The van der Waals surface area contributed by atoms with Crippen LogP contribution in [0.2, 0.25) is 0 Å². The standard InChI is InChI=1S/C36H32O9S2/c37-23-28(42-32(38)24-13-5-1-6-14-24)29(43-33(39)25-15-7-2-8-16-25)30(44-34(40)26-17-9-3-10-18-26)31(36-46-21-22-47-36)45-35(41)27-19-11-4-12-20-27/h1-20,28-31,36-37H,21-23H2/t28-,29+,30+,31-/m1/s1. The molecule has 11 heteroatoms. The van der Waals surface area contributed by atoms with E-state index in [1.807, 2.05) is 0 Å². The minimum atomic E-state index is -1.61. The molecule has 0 aliphatic carbocycles. The third-order valence-corrected chi connectivity index (χ3v) is 10.3. The highest BCUT2D eigenvalue weighted by atomic mass is 32.2. The van der Waals surface area contributed by atoms with Crippen molar-refractivity contribution < 1.29 is 43.2 Å². The molecule has 1 fully saturated rings. The van der Waals surface area contributed by atoms with Crippen molar-refractivity contribution in [3.05, 3.63) is 144 Å². The van der Waals surface area contributed by atoms with Gasteiger partial charge in [-0.2, -0.15) is 0 Å². The molecule has 0 radical (unpaired) electrons. The summed E-state index contributed by atoms with van der Waals surface area (Å²) in [6, 6.07) is 32.6. The maximum atomic E-state index is 13.7. The van der Waals surface area contributed by atoms with Gasteiger partial charge in [-0.1, -0.05) is 72.8 Å². The van der Waals surface area contributed by atoms with Crippen molar-refractivity contribution in [1.29, 1.82) is 0 Å². The Morgan fingerprint density at radius 3 is 1.26 bits per heavy atom. The average molecular weight is 673 g/mol. The normalized spacial score (nSPS) is 15.4. The smallest absolute Gasteiger partial charge is 0.338 e. The summed E-state index contributed by atoms with van der Waals surface area (Å²) in [4.78, 5) is 54.0. The Balaban J connectivity index is 1.58. The molecule has 0 amide bonds. The van der Waals surface area contributed by atoms with Crippen molar-refractivity contribution in [3.8, 4) is 0 Å². The number of thioether (sulfide) groups is 2. The molecular weight excluding hydrogens is 641 g/mol. The number of carbonyl (C=O) groups is 4. The topological polar surface area (TPSA) is 125 Å². The molecule has 0 unspecified atom stereocenters. The first-order valence-electron chi connectivity index (χ1n) is 14.8. The molecule has 242 valence electrons. The average Bonchev–Trinajstić information content (AvgIpc) is 3.67. The maximum absolute atomic E-state index is 13.7. The summed E-state index contributed by atoms with van der Waals surface area (Å²) in [6.07, 6.45) is -5.86. The van der Waals surface area contributed by atoms with Crippen LogP contribution < -0.4 is 0 Å². The number of benzene rings is 4. The molecule has 4 aromatic carbocycles. The van der Waals surface area contributed by atoms with Crippen molar-refractivity contribution in [2.75, 3.05) is 18.1 Å². The first-order chi connectivity index (χ1) is 22.9. The lowest BCUT2D eigenvalue weighted by molar-refractivity contribution is -0.127. The predicted molar refractivity (Wildman–Crippen MR) is 178 cm³/mol. The second kappa shape index (κ2) is 16.8. The predicted octanol–water partition coefficient (Wildman–Crippen LogP) is 5.69. The zero-order valence-electron chi connectivity index (χ0n) is 25.1. The van der Waals surface area contributed by atoms with Crippen LogP contribution in [0.1, 0.15) is 41.4 Å². The molecule has 1 N–H and O–H groups in total. The summed E-state index contributed by atoms with van der Waals surface area (Å²) in [5.41, 5.74) is 0.794. The molecule has 0 aromatic heterocycles. The minimum Gasteiger partial charge on any atom is -0.453 e. The van der Waals surface area contributed by atoms with E-state index in [2.05, 4.69) is 0 Å². The SMILES string of the molecule is O=C(O[C@H]([C@H](OC(=O)c1ccccc1)[C@@H](OC(=O)c1ccccc1)C1SCCS1)[C@@H](CO)OC(=O)c1ccccc1)c1ccccc1.